The first-order valence-corrected chi connectivity index (χ1v) is 9.94. The molecular formula is C22H21IN2O5. The minimum atomic E-state index is -0.522. The van der Waals surface area contributed by atoms with Gasteiger partial charge < -0.3 is 19.5 Å². The number of hydrogen-bond acceptors (Lipinski definition) is 6. The van der Waals surface area contributed by atoms with E-state index in [1.807, 2.05) is 54.6 Å². The maximum atomic E-state index is 12.6. The molecule has 2 aromatic carbocycles. The summed E-state index contributed by atoms with van der Waals surface area (Å²) in [4.78, 5) is 23.9. The molecule has 0 aliphatic heterocycles. The number of nitrogens with zero attached hydrogens (tertiary/aromatic N) is 1. The van der Waals surface area contributed by atoms with Crippen LogP contribution in [0.5, 0.6) is 11.5 Å². The predicted octanol–water partition coefficient (Wildman–Crippen LogP) is 4.01. The number of esters is 1. The summed E-state index contributed by atoms with van der Waals surface area (Å²) in [7, 11) is 2.73. The number of hydrogen-bond donors (Lipinski definition) is 1. The lowest BCUT2D eigenvalue weighted by atomic mass is 10.1. The lowest BCUT2D eigenvalue weighted by Crippen LogP contribution is -2.14. The van der Waals surface area contributed by atoms with Crippen molar-refractivity contribution < 1.29 is 23.8 Å². The molecule has 1 N–H and O–H groups in total. The number of rotatable bonds is 7. The highest BCUT2D eigenvalue weighted by Crippen LogP contribution is 2.34. The first kappa shape index (κ1) is 23.2. The van der Waals surface area contributed by atoms with Crippen LogP contribution in [0.2, 0.25) is 0 Å². The molecular weight excluding hydrogens is 499 g/mol. The number of amides is 1. The zero-order valence-corrected chi connectivity index (χ0v) is 19.2. The number of ether oxygens (including phenoxy) is 3. The fourth-order valence-electron chi connectivity index (χ4n) is 2.61. The Kier molecular flexibility index (Phi) is 8.24. The van der Waals surface area contributed by atoms with Gasteiger partial charge in [-0.25, -0.2) is 4.79 Å². The van der Waals surface area contributed by atoms with Gasteiger partial charge in [-0.1, -0.05) is 17.7 Å². The van der Waals surface area contributed by atoms with E-state index >= 15 is 0 Å². The standard InChI is InChI=1S/C22H21IN2O5/c1-13-5-6-18(14(2)7-13)25-22(27)16(11-24)8-15-9-17(23)21(19(10-15)28-3)30-12-20(26)29-4/h5-10H,12H2,1-4H3,(H,25,27)/b16-8+. The second kappa shape index (κ2) is 10.6. The Morgan fingerprint density at radius 1 is 1.20 bits per heavy atom. The number of methoxy groups -OCH3 is 2. The molecule has 0 unspecified atom stereocenters. The van der Waals surface area contributed by atoms with Gasteiger partial charge in [0.05, 0.1) is 17.8 Å². The Hall–Kier alpha value is -3.06. The average molecular weight is 520 g/mol. The lowest BCUT2D eigenvalue weighted by molar-refractivity contribution is -0.142. The van der Waals surface area contributed by atoms with E-state index in [0.29, 0.717) is 26.3 Å². The third-order valence-corrected chi connectivity index (χ3v) is 4.92. The highest BCUT2D eigenvalue weighted by atomic mass is 127. The third-order valence-electron chi connectivity index (χ3n) is 4.12. The topological polar surface area (TPSA) is 97.7 Å². The molecule has 7 nitrogen and oxygen atoms in total. The average Bonchev–Trinajstić information content (AvgIpc) is 2.72. The van der Waals surface area contributed by atoms with Crippen molar-refractivity contribution in [3.63, 3.8) is 0 Å². The summed E-state index contributed by atoms with van der Waals surface area (Å²) in [6.07, 6.45) is 1.47. The fraction of sp³-hybridized carbons (Fsp3) is 0.227. The number of anilines is 1. The molecule has 156 valence electrons. The molecule has 2 rings (SSSR count). The zero-order valence-electron chi connectivity index (χ0n) is 17.0. The summed E-state index contributed by atoms with van der Waals surface area (Å²) in [5.41, 5.74) is 3.15. The molecule has 0 saturated carbocycles. The number of halogens is 1. The minimum absolute atomic E-state index is 0.0592. The van der Waals surface area contributed by atoms with Crippen molar-refractivity contribution in [2.45, 2.75) is 13.8 Å². The van der Waals surface area contributed by atoms with Crippen LogP contribution in [-0.2, 0) is 14.3 Å². The Labute approximate surface area is 188 Å². The van der Waals surface area contributed by atoms with Crippen LogP contribution in [0.3, 0.4) is 0 Å². The summed E-state index contributed by atoms with van der Waals surface area (Å²) in [6.45, 7) is 3.59. The van der Waals surface area contributed by atoms with Gasteiger partial charge in [0.15, 0.2) is 18.1 Å². The molecule has 0 aromatic heterocycles. The van der Waals surface area contributed by atoms with Gasteiger partial charge in [-0.3, -0.25) is 4.79 Å². The van der Waals surface area contributed by atoms with E-state index in [1.165, 1.54) is 20.3 Å². The van der Waals surface area contributed by atoms with Crippen molar-refractivity contribution in [2.75, 3.05) is 26.1 Å². The Balaban J connectivity index is 2.30. The molecule has 0 radical (unpaired) electrons. The number of carbonyl (C=O) groups is 2. The predicted molar refractivity (Wildman–Crippen MR) is 121 cm³/mol. The summed E-state index contributed by atoms with van der Waals surface area (Å²) in [6, 6.07) is 10.9. The first-order valence-electron chi connectivity index (χ1n) is 8.86. The molecule has 0 aliphatic carbocycles. The quantitative estimate of drug-likeness (QED) is 0.257. The lowest BCUT2D eigenvalue weighted by Gasteiger charge is -2.13. The van der Waals surface area contributed by atoms with Crippen molar-refractivity contribution in [3.8, 4) is 17.6 Å². The number of nitrogens with one attached hydrogen (secondary N) is 1. The van der Waals surface area contributed by atoms with Gasteiger partial charge in [0.25, 0.3) is 5.91 Å². The van der Waals surface area contributed by atoms with Crippen LogP contribution >= 0.6 is 22.6 Å². The molecule has 8 heteroatoms. The van der Waals surface area contributed by atoms with E-state index in [2.05, 4.69) is 10.1 Å². The summed E-state index contributed by atoms with van der Waals surface area (Å²) >= 11 is 2.03. The molecule has 0 heterocycles. The van der Waals surface area contributed by atoms with Crippen LogP contribution in [-0.4, -0.2) is 32.7 Å². The van der Waals surface area contributed by atoms with E-state index in [4.69, 9.17) is 9.47 Å². The van der Waals surface area contributed by atoms with Crippen molar-refractivity contribution in [2.24, 2.45) is 0 Å². The Morgan fingerprint density at radius 2 is 1.93 bits per heavy atom. The molecule has 0 aliphatic rings. The Morgan fingerprint density at radius 3 is 2.53 bits per heavy atom. The van der Waals surface area contributed by atoms with Gasteiger partial charge in [0, 0.05) is 5.69 Å². The maximum Gasteiger partial charge on any atom is 0.343 e. The maximum absolute atomic E-state index is 12.6. The number of nitriles is 1. The van der Waals surface area contributed by atoms with Gasteiger partial charge in [0.2, 0.25) is 0 Å². The molecule has 0 fully saturated rings. The second-order valence-corrected chi connectivity index (χ2v) is 7.50. The van der Waals surface area contributed by atoms with E-state index in [9.17, 15) is 14.9 Å². The number of carbonyl (C=O) groups excluding carboxylic acids is 2. The van der Waals surface area contributed by atoms with Crippen molar-refractivity contribution in [1.29, 1.82) is 5.26 Å². The van der Waals surface area contributed by atoms with Crippen LogP contribution in [0, 0.1) is 28.7 Å². The van der Waals surface area contributed by atoms with E-state index < -0.39 is 11.9 Å². The summed E-state index contributed by atoms with van der Waals surface area (Å²) in [5.74, 6) is -0.292. The van der Waals surface area contributed by atoms with Gasteiger partial charge in [0.1, 0.15) is 11.6 Å². The highest BCUT2D eigenvalue weighted by molar-refractivity contribution is 14.1. The zero-order chi connectivity index (χ0) is 22.3. The van der Waals surface area contributed by atoms with E-state index in [0.717, 1.165) is 11.1 Å². The normalized spacial score (nSPS) is 10.7. The van der Waals surface area contributed by atoms with Crippen molar-refractivity contribution in [3.05, 3.63) is 56.2 Å². The summed E-state index contributed by atoms with van der Waals surface area (Å²) in [5, 5.41) is 12.2. The third kappa shape index (κ3) is 5.97. The second-order valence-electron chi connectivity index (χ2n) is 6.34. The summed E-state index contributed by atoms with van der Waals surface area (Å²) < 4.78 is 16.0. The van der Waals surface area contributed by atoms with Crippen LogP contribution < -0.4 is 14.8 Å². The van der Waals surface area contributed by atoms with Crippen LogP contribution in [0.25, 0.3) is 6.08 Å². The van der Waals surface area contributed by atoms with Crippen molar-refractivity contribution in [1.82, 2.24) is 0 Å². The molecule has 1 amide bonds. The van der Waals surface area contributed by atoms with Gasteiger partial charge in [-0.05, 0) is 71.8 Å². The smallest absolute Gasteiger partial charge is 0.343 e. The molecule has 0 spiro atoms. The van der Waals surface area contributed by atoms with Crippen LogP contribution in [0.4, 0.5) is 5.69 Å². The minimum Gasteiger partial charge on any atom is -0.493 e. The monoisotopic (exact) mass is 520 g/mol. The molecule has 0 saturated heterocycles. The van der Waals surface area contributed by atoms with Crippen molar-refractivity contribution >= 4 is 46.2 Å². The molecule has 0 atom stereocenters. The van der Waals surface area contributed by atoms with Crippen LogP contribution in [0.15, 0.2) is 35.9 Å². The first-order chi connectivity index (χ1) is 14.3. The Bertz CT molecular complexity index is 1040. The molecule has 0 bridgehead atoms. The largest absolute Gasteiger partial charge is 0.493 e. The van der Waals surface area contributed by atoms with Gasteiger partial charge in [-0.15, -0.1) is 0 Å². The van der Waals surface area contributed by atoms with E-state index in [-0.39, 0.29) is 12.2 Å². The molecule has 2 aromatic rings. The SMILES string of the molecule is COC(=O)COc1c(I)cc(/C=C(\C#N)C(=O)Nc2ccc(C)cc2C)cc1OC. The fourth-order valence-corrected chi connectivity index (χ4v) is 3.39. The van der Waals surface area contributed by atoms with Gasteiger partial charge in [-0.2, -0.15) is 5.26 Å². The number of benzene rings is 2. The van der Waals surface area contributed by atoms with Gasteiger partial charge >= 0.3 is 5.97 Å². The highest BCUT2D eigenvalue weighted by Gasteiger charge is 2.15. The molecule has 30 heavy (non-hydrogen) atoms. The van der Waals surface area contributed by atoms with E-state index in [1.54, 1.807) is 18.2 Å². The number of aryl methyl sites for hydroxylation is 2. The van der Waals surface area contributed by atoms with Crippen LogP contribution in [0.1, 0.15) is 16.7 Å².